The molecule has 1 saturated heterocycles. The van der Waals surface area contributed by atoms with E-state index in [1.54, 1.807) is 5.57 Å². The van der Waals surface area contributed by atoms with Crippen molar-refractivity contribution in [2.45, 2.75) is 58.3 Å². The zero-order chi connectivity index (χ0) is 16.3. The molecule has 2 N–H and O–H groups in total. The molecule has 0 aromatic rings. The van der Waals surface area contributed by atoms with Gasteiger partial charge in [-0.1, -0.05) is 11.6 Å². The maximum Gasteiger partial charge on any atom is 0.244 e. The molecule has 0 spiro atoms. The second-order valence-corrected chi connectivity index (χ2v) is 6.42. The van der Waals surface area contributed by atoms with Gasteiger partial charge in [0.25, 0.3) is 0 Å². The Kier molecular flexibility index (Phi) is 11.1. The minimum atomic E-state index is 0. The van der Waals surface area contributed by atoms with E-state index in [0.717, 1.165) is 51.4 Å². The van der Waals surface area contributed by atoms with Crippen LogP contribution in [0.4, 0.5) is 0 Å². The molecular formula is C18H33IN4O. The number of nitrogens with zero attached hydrogens (tertiary/aromatic N) is 2. The van der Waals surface area contributed by atoms with Gasteiger partial charge in [-0.3, -0.25) is 4.79 Å². The van der Waals surface area contributed by atoms with Crippen LogP contribution in [0.1, 0.15) is 58.3 Å². The summed E-state index contributed by atoms with van der Waals surface area (Å²) in [6.07, 6.45) is 12.1. The molecule has 2 rings (SSSR count). The van der Waals surface area contributed by atoms with Crippen LogP contribution in [0.3, 0.4) is 0 Å². The van der Waals surface area contributed by atoms with Crippen molar-refractivity contribution in [2.75, 3.05) is 32.7 Å². The first-order valence-electron chi connectivity index (χ1n) is 9.27. The Morgan fingerprint density at radius 2 is 1.96 bits per heavy atom. The van der Waals surface area contributed by atoms with Gasteiger partial charge >= 0.3 is 0 Å². The minimum absolute atomic E-state index is 0. The predicted molar refractivity (Wildman–Crippen MR) is 111 cm³/mol. The van der Waals surface area contributed by atoms with Gasteiger partial charge in [0.15, 0.2) is 5.96 Å². The van der Waals surface area contributed by atoms with E-state index in [0.29, 0.717) is 0 Å². The van der Waals surface area contributed by atoms with Crippen molar-refractivity contribution in [3.05, 3.63) is 11.6 Å². The van der Waals surface area contributed by atoms with E-state index in [2.05, 4.69) is 21.7 Å². The molecule has 1 amide bonds. The number of hydrogen-bond acceptors (Lipinski definition) is 2. The molecule has 0 saturated carbocycles. The number of likely N-dealkylation sites (tertiary alicyclic amines) is 1. The summed E-state index contributed by atoms with van der Waals surface area (Å²) < 4.78 is 0. The average molecular weight is 448 g/mol. The van der Waals surface area contributed by atoms with E-state index >= 15 is 0 Å². The Morgan fingerprint density at radius 1 is 1.17 bits per heavy atom. The Balaban J connectivity index is 0.00000288. The molecule has 1 aliphatic heterocycles. The number of amides is 1. The molecule has 0 aromatic carbocycles. The first kappa shape index (κ1) is 21.3. The molecule has 1 aliphatic carbocycles. The molecule has 1 heterocycles. The molecule has 24 heavy (non-hydrogen) atoms. The molecule has 1 fully saturated rings. The summed E-state index contributed by atoms with van der Waals surface area (Å²) in [7, 11) is 0. The fourth-order valence-corrected chi connectivity index (χ4v) is 3.20. The van der Waals surface area contributed by atoms with E-state index in [9.17, 15) is 4.79 Å². The van der Waals surface area contributed by atoms with Crippen molar-refractivity contribution in [2.24, 2.45) is 4.99 Å². The summed E-state index contributed by atoms with van der Waals surface area (Å²) in [6.45, 7) is 5.78. The number of aliphatic imine (C=N–C) groups is 1. The van der Waals surface area contributed by atoms with Crippen LogP contribution in [-0.4, -0.2) is 49.5 Å². The van der Waals surface area contributed by atoms with Crippen LogP contribution in [0, 0.1) is 0 Å². The fourth-order valence-electron chi connectivity index (χ4n) is 3.20. The monoisotopic (exact) mass is 448 g/mol. The van der Waals surface area contributed by atoms with Gasteiger partial charge < -0.3 is 15.5 Å². The van der Waals surface area contributed by atoms with Gasteiger partial charge in [0.1, 0.15) is 6.54 Å². The second kappa shape index (κ2) is 12.6. The number of rotatable bonds is 6. The highest BCUT2D eigenvalue weighted by Gasteiger charge is 2.15. The lowest BCUT2D eigenvalue weighted by atomic mass is 9.97. The van der Waals surface area contributed by atoms with Gasteiger partial charge in [0.05, 0.1) is 0 Å². The lowest BCUT2D eigenvalue weighted by molar-refractivity contribution is -0.130. The van der Waals surface area contributed by atoms with Crippen LogP contribution in [-0.2, 0) is 4.79 Å². The summed E-state index contributed by atoms with van der Waals surface area (Å²) in [5, 5.41) is 6.58. The van der Waals surface area contributed by atoms with Crippen LogP contribution < -0.4 is 10.6 Å². The molecule has 2 aliphatic rings. The largest absolute Gasteiger partial charge is 0.357 e. The van der Waals surface area contributed by atoms with Crippen molar-refractivity contribution in [3.63, 3.8) is 0 Å². The van der Waals surface area contributed by atoms with Gasteiger partial charge in [-0.25, -0.2) is 4.99 Å². The van der Waals surface area contributed by atoms with E-state index in [4.69, 9.17) is 0 Å². The van der Waals surface area contributed by atoms with Gasteiger partial charge in [0.2, 0.25) is 5.91 Å². The molecule has 0 atom stereocenters. The van der Waals surface area contributed by atoms with E-state index in [-0.39, 0.29) is 36.4 Å². The number of nitrogens with one attached hydrogen (secondary N) is 2. The van der Waals surface area contributed by atoms with Gasteiger partial charge in [-0.15, -0.1) is 24.0 Å². The Morgan fingerprint density at radius 3 is 2.62 bits per heavy atom. The van der Waals surface area contributed by atoms with Crippen LogP contribution in [0.5, 0.6) is 0 Å². The first-order valence-corrected chi connectivity index (χ1v) is 9.27. The third-order valence-corrected chi connectivity index (χ3v) is 4.55. The third kappa shape index (κ3) is 7.85. The summed E-state index contributed by atoms with van der Waals surface area (Å²) in [6, 6.07) is 0. The molecule has 0 aromatic heterocycles. The second-order valence-electron chi connectivity index (χ2n) is 6.42. The maximum absolute atomic E-state index is 12.2. The Labute approximate surface area is 163 Å². The molecule has 5 nitrogen and oxygen atoms in total. The van der Waals surface area contributed by atoms with Crippen molar-refractivity contribution in [3.8, 4) is 0 Å². The predicted octanol–water partition coefficient (Wildman–Crippen LogP) is 3.06. The SMILES string of the molecule is CCNC(=NCC(=O)N1CCCCC1)NCCC1=CCCCC1.I. The van der Waals surface area contributed by atoms with Crippen molar-refractivity contribution in [1.82, 2.24) is 15.5 Å². The van der Waals surface area contributed by atoms with Crippen LogP contribution >= 0.6 is 24.0 Å². The average Bonchev–Trinajstić information content (AvgIpc) is 2.61. The smallest absolute Gasteiger partial charge is 0.244 e. The quantitative estimate of drug-likeness (QED) is 0.284. The van der Waals surface area contributed by atoms with Gasteiger partial charge in [-0.05, 0) is 58.3 Å². The number of halogens is 1. The molecule has 138 valence electrons. The number of carbonyl (C=O) groups is 1. The third-order valence-electron chi connectivity index (χ3n) is 4.55. The number of guanidine groups is 1. The molecule has 6 heteroatoms. The van der Waals surface area contributed by atoms with Crippen LogP contribution in [0.15, 0.2) is 16.6 Å². The minimum Gasteiger partial charge on any atom is -0.357 e. The van der Waals surface area contributed by atoms with Crippen LogP contribution in [0.25, 0.3) is 0 Å². The van der Waals surface area contributed by atoms with Gasteiger partial charge in [0, 0.05) is 26.2 Å². The van der Waals surface area contributed by atoms with Crippen molar-refractivity contribution in [1.29, 1.82) is 0 Å². The molecular weight excluding hydrogens is 415 g/mol. The Bertz CT molecular complexity index is 431. The zero-order valence-electron chi connectivity index (χ0n) is 15.0. The van der Waals surface area contributed by atoms with E-state index in [1.165, 1.54) is 32.1 Å². The molecule has 0 unspecified atom stereocenters. The maximum atomic E-state index is 12.2. The zero-order valence-corrected chi connectivity index (χ0v) is 17.3. The highest BCUT2D eigenvalue weighted by atomic mass is 127. The summed E-state index contributed by atoms with van der Waals surface area (Å²) in [5.74, 6) is 0.908. The summed E-state index contributed by atoms with van der Waals surface area (Å²) >= 11 is 0. The summed E-state index contributed by atoms with van der Waals surface area (Å²) in [4.78, 5) is 18.6. The summed E-state index contributed by atoms with van der Waals surface area (Å²) in [5.41, 5.74) is 1.56. The topological polar surface area (TPSA) is 56.7 Å². The number of allylic oxidation sites excluding steroid dienone is 1. The number of piperidine rings is 1. The number of carbonyl (C=O) groups excluding carboxylic acids is 1. The van der Waals surface area contributed by atoms with E-state index < -0.39 is 0 Å². The van der Waals surface area contributed by atoms with Crippen molar-refractivity contribution >= 4 is 35.8 Å². The van der Waals surface area contributed by atoms with Gasteiger partial charge in [-0.2, -0.15) is 0 Å². The number of hydrogen-bond donors (Lipinski definition) is 2. The molecule has 0 radical (unpaired) electrons. The normalized spacial score (nSPS) is 18.5. The van der Waals surface area contributed by atoms with Crippen molar-refractivity contribution < 1.29 is 4.79 Å². The Hall–Kier alpha value is -0.790. The highest BCUT2D eigenvalue weighted by molar-refractivity contribution is 14.0. The highest BCUT2D eigenvalue weighted by Crippen LogP contribution is 2.19. The van der Waals surface area contributed by atoms with Crippen LogP contribution in [0.2, 0.25) is 0 Å². The first-order chi connectivity index (χ1) is 11.3. The van der Waals surface area contributed by atoms with E-state index in [1.807, 2.05) is 11.8 Å². The standard InChI is InChI=1S/C18H32N4O.HI/c1-2-19-18(20-12-11-16-9-5-3-6-10-16)21-15-17(23)22-13-7-4-8-14-22;/h9H,2-8,10-15H2,1H3,(H2,19,20,21);1H. The fraction of sp³-hybridized carbons (Fsp3) is 0.778. The molecule has 0 bridgehead atoms. The lowest BCUT2D eigenvalue weighted by Crippen LogP contribution is -2.40. The lowest BCUT2D eigenvalue weighted by Gasteiger charge is -2.26.